The fraction of sp³-hybridized carbons (Fsp3) is 0.121. The van der Waals surface area contributed by atoms with Crippen LogP contribution in [0.25, 0.3) is 11.1 Å². The molecule has 0 unspecified atom stereocenters. The lowest BCUT2D eigenvalue weighted by atomic mass is 10.0. The van der Waals surface area contributed by atoms with Crippen molar-refractivity contribution in [3.8, 4) is 28.6 Å². The summed E-state index contributed by atoms with van der Waals surface area (Å²) in [5.74, 6) is 1.69. The van der Waals surface area contributed by atoms with Crippen LogP contribution in [-0.4, -0.2) is 4.98 Å². The first-order chi connectivity index (χ1) is 18.8. The Balaban J connectivity index is 0.00000353. The molecule has 1 aromatic heterocycles. The zero-order chi connectivity index (χ0) is 26.0. The molecule has 0 saturated carbocycles. The van der Waals surface area contributed by atoms with E-state index in [0.29, 0.717) is 38.1 Å². The Morgan fingerprint density at radius 3 is 1.62 bits per heavy atom. The second-order valence-electron chi connectivity index (χ2n) is 8.86. The number of aromatic nitrogens is 1. The third-order valence-electron chi connectivity index (χ3n) is 6.09. The van der Waals surface area contributed by atoms with E-state index in [4.69, 9.17) is 24.9 Å². The largest absolute Gasteiger partial charge is 0.488 e. The Kier molecular flexibility index (Phi) is 9.95. The molecule has 5 aromatic rings. The minimum atomic E-state index is 0. The van der Waals surface area contributed by atoms with Gasteiger partial charge in [-0.05, 0) is 40.5 Å². The fourth-order valence-electron chi connectivity index (χ4n) is 4.05. The van der Waals surface area contributed by atoms with Gasteiger partial charge in [0, 0.05) is 23.7 Å². The molecule has 0 aliphatic rings. The van der Waals surface area contributed by atoms with Crippen molar-refractivity contribution in [1.29, 1.82) is 0 Å². The standard InChI is InChI=1S/C33H30N2O3.ClH/c34-21-28-16-18-31(36-22-25-10-4-1-5-11-25)30(20-28)29-17-19-32(37-23-26-12-6-2-7-13-26)35-33(29)38-24-27-14-8-3-9-15-27;/h1-20H,21-24,34H2;1H. The molecule has 0 aliphatic carbocycles. The first kappa shape index (κ1) is 27.7. The van der Waals surface area contributed by atoms with Gasteiger partial charge < -0.3 is 19.9 Å². The molecule has 5 nitrogen and oxygen atoms in total. The quantitative estimate of drug-likeness (QED) is 0.190. The summed E-state index contributed by atoms with van der Waals surface area (Å²) in [6.07, 6.45) is 0. The molecule has 6 heteroatoms. The maximum atomic E-state index is 6.28. The Labute approximate surface area is 235 Å². The molecule has 5 rings (SSSR count). The Hall–Kier alpha value is -4.32. The van der Waals surface area contributed by atoms with Crippen molar-refractivity contribution in [3.05, 3.63) is 144 Å². The Morgan fingerprint density at radius 1 is 0.513 bits per heavy atom. The number of halogens is 1. The van der Waals surface area contributed by atoms with E-state index in [0.717, 1.165) is 39.1 Å². The molecule has 198 valence electrons. The van der Waals surface area contributed by atoms with Crippen LogP contribution < -0.4 is 19.9 Å². The summed E-state index contributed by atoms with van der Waals surface area (Å²) in [6, 6.07) is 40.0. The molecule has 0 bridgehead atoms. The van der Waals surface area contributed by atoms with Crippen LogP contribution >= 0.6 is 12.4 Å². The van der Waals surface area contributed by atoms with Gasteiger partial charge in [0.05, 0.1) is 0 Å². The number of pyridine rings is 1. The summed E-state index contributed by atoms with van der Waals surface area (Å²) in [5.41, 5.74) is 11.9. The highest BCUT2D eigenvalue weighted by molar-refractivity contribution is 5.85. The van der Waals surface area contributed by atoms with Gasteiger partial charge in [0.2, 0.25) is 11.8 Å². The third-order valence-corrected chi connectivity index (χ3v) is 6.09. The summed E-state index contributed by atoms with van der Waals surface area (Å²) in [6.45, 7) is 1.65. The highest BCUT2D eigenvalue weighted by Gasteiger charge is 2.16. The number of nitrogens with two attached hydrogens (primary N) is 1. The SMILES string of the molecule is Cl.NCc1ccc(OCc2ccccc2)c(-c2ccc(OCc3ccccc3)nc2OCc2ccccc2)c1. The van der Waals surface area contributed by atoms with E-state index in [1.54, 1.807) is 0 Å². The first-order valence-corrected chi connectivity index (χ1v) is 12.6. The summed E-state index contributed by atoms with van der Waals surface area (Å²) in [7, 11) is 0. The average molecular weight is 539 g/mol. The van der Waals surface area contributed by atoms with E-state index >= 15 is 0 Å². The van der Waals surface area contributed by atoms with Gasteiger partial charge in [-0.2, -0.15) is 4.98 Å². The summed E-state index contributed by atoms with van der Waals surface area (Å²) < 4.78 is 18.6. The van der Waals surface area contributed by atoms with E-state index in [1.165, 1.54) is 0 Å². The normalized spacial score (nSPS) is 10.4. The van der Waals surface area contributed by atoms with E-state index in [2.05, 4.69) is 0 Å². The van der Waals surface area contributed by atoms with Crippen LogP contribution in [0.3, 0.4) is 0 Å². The molecule has 0 atom stereocenters. The van der Waals surface area contributed by atoms with E-state index in [-0.39, 0.29) is 12.4 Å². The molecule has 0 aliphatic heterocycles. The maximum absolute atomic E-state index is 6.28. The number of hydrogen-bond acceptors (Lipinski definition) is 5. The molecular formula is C33H31ClN2O3. The van der Waals surface area contributed by atoms with E-state index in [9.17, 15) is 0 Å². The predicted octanol–water partition coefficient (Wildman–Crippen LogP) is 7.37. The van der Waals surface area contributed by atoms with Gasteiger partial charge in [-0.15, -0.1) is 12.4 Å². The molecule has 4 aromatic carbocycles. The van der Waals surface area contributed by atoms with Gasteiger partial charge >= 0.3 is 0 Å². The summed E-state index contributed by atoms with van der Waals surface area (Å²) in [5, 5.41) is 0. The second kappa shape index (κ2) is 14.0. The van der Waals surface area contributed by atoms with Crippen LogP contribution in [0.1, 0.15) is 22.3 Å². The molecule has 2 N–H and O–H groups in total. The zero-order valence-corrected chi connectivity index (χ0v) is 22.3. The average Bonchev–Trinajstić information content (AvgIpc) is 2.99. The molecule has 0 fully saturated rings. The first-order valence-electron chi connectivity index (χ1n) is 12.6. The van der Waals surface area contributed by atoms with Gasteiger partial charge in [-0.3, -0.25) is 0 Å². The molecule has 1 heterocycles. The summed E-state index contributed by atoms with van der Waals surface area (Å²) >= 11 is 0. The highest BCUT2D eigenvalue weighted by atomic mass is 35.5. The molecule has 39 heavy (non-hydrogen) atoms. The Morgan fingerprint density at radius 2 is 1.05 bits per heavy atom. The minimum Gasteiger partial charge on any atom is -0.488 e. The zero-order valence-electron chi connectivity index (χ0n) is 21.5. The topological polar surface area (TPSA) is 66.6 Å². The van der Waals surface area contributed by atoms with Crippen molar-refractivity contribution in [2.75, 3.05) is 0 Å². The van der Waals surface area contributed by atoms with E-state index < -0.39 is 0 Å². The number of nitrogens with zero attached hydrogens (tertiary/aromatic N) is 1. The van der Waals surface area contributed by atoms with E-state index in [1.807, 2.05) is 121 Å². The number of ether oxygens (including phenoxy) is 3. The van der Waals surface area contributed by atoms with Crippen LogP contribution in [0.5, 0.6) is 17.5 Å². The van der Waals surface area contributed by atoms with Crippen molar-refractivity contribution >= 4 is 12.4 Å². The smallest absolute Gasteiger partial charge is 0.225 e. The lowest BCUT2D eigenvalue weighted by molar-refractivity contribution is 0.268. The number of benzene rings is 4. The molecule has 0 amide bonds. The maximum Gasteiger partial charge on any atom is 0.225 e. The van der Waals surface area contributed by atoms with Crippen LogP contribution in [0.15, 0.2) is 121 Å². The number of rotatable bonds is 11. The predicted molar refractivity (Wildman–Crippen MR) is 157 cm³/mol. The van der Waals surface area contributed by atoms with Crippen molar-refractivity contribution in [2.24, 2.45) is 5.73 Å². The molecule has 0 spiro atoms. The van der Waals surface area contributed by atoms with Crippen molar-refractivity contribution in [2.45, 2.75) is 26.4 Å². The van der Waals surface area contributed by atoms with Crippen LogP contribution in [0.2, 0.25) is 0 Å². The van der Waals surface area contributed by atoms with Gasteiger partial charge in [0.1, 0.15) is 25.6 Å². The van der Waals surface area contributed by atoms with Crippen molar-refractivity contribution in [3.63, 3.8) is 0 Å². The van der Waals surface area contributed by atoms with Crippen molar-refractivity contribution in [1.82, 2.24) is 4.98 Å². The molecule has 0 saturated heterocycles. The molecule has 0 radical (unpaired) electrons. The lowest BCUT2D eigenvalue weighted by Crippen LogP contribution is -2.04. The second-order valence-corrected chi connectivity index (χ2v) is 8.86. The monoisotopic (exact) mass is 538 g/mol. The van der Waals surface area contributed by atoms with Gasteiger partial charge in [-0.1, -0.05) is 97.1 Å². The van der Waals surface area contributed by atoms with Gasteiger partial charge in [0.25, 0.3) is 0 Å². The molecular weight excluding hydrogens is 508 g/mol. The van der Waals surface area contributed by atoms with Crippen LogP contribution in [-0.2, 0) is 26.4 Å². The summed E-state index contributed by atoms with van der Waals surface area (Å²) in [4.78, 5) is 4.76. The fourth-order valence-corrected chi connectivity index (χ4v) is 4.05. The highest BCUT2D eigenvalue weighted by Crippen LogP contribution is 2.38. The van der Waals surface area contributed by atoms with Crippen molar-refractivity contribution < 1.29 is 14.2 Å². The van der Waals surface area contributed by atoms with Gasteiger partial charge in [0.15, 0.2) is 0 Å². The van der Waals surface area contributed by atoms with Crippen LogP contribution in [0, 0.1) is 0 Å². The Bertz CT molecular complexity index is 1450. The third kappa shape index (κ3) is 7.60. The van der Waals surface area contributed by atoms with Gasteiger partial charge in [-0.25, -0.2) is 0 Å². The number of hydrogen-bond donors (Lipinski definition) is 1. The lowest BCUT2D eigenvalue weighted by Gasteiger charge is -2.17. The van der Waals surface area contributed by atoms with Crippen LogP contribution in [0.4, 0.5) is 0 Å². The minimum absolute atomic E-state index is 0.